The van der Waals surface area contributed by atoms with Gasteiger partial charge in [-0.05, 0) is 18.8 Å². The third-order valence-electron chi connectivity index (χ3n) is 3.15. The molecule has 1 aliphatic heterocycles. The Labute approximate surface area is 108 Å². The first kappa shape index (κ1) is 13.7. The van der Waals surface area contributed by atoms with Gasteiger partial charge in [-0.1, -0.05) is 0 Å². The van der Waals surface area contributed by atoms with Gasteiger partial charge in [-0.15, -0.1) is 0 Å². The molecule has 5 nitrogen and oxygen atoms in total. The van der Waals surface area contributed by atoms with Gasteiger partial charge in [0.15, 0.2) is 11.6 Å². The van der Waals surface area contributed by atoms with E-state index >= 15 is 0 Å². The molecule has 0 aromatic heterocycles. The fraction of sp³-hybridized carbons (Fsp3) is 0.500. The number of nitro groups is 1. The Balaban J connectivity index is 2.05. The fourth-order valence-electron chi connectivity index (χ4n) is 2.03. The average Bonchev–Trinajstić information content (AvgIpc) is 2.38. The molecule has 1 heterocycles. The fourth-order valence-corrected chi connectivity index (χ4v) is 2.03. The Bertz CT molecular complexity index is 453. The Morgan fingerprint density at radius 2 is 1.89 bits per heavy atom. The van der Waals surface area contributed by atoms with E-state index in [1.54, 1.807) is 0 Å². The summed E-state index contributed by atoms with van der Waals surface area (Å²) in [5.74, 6) is -1.60. The first-order valence-electron chi connectivity index (χ1n) is 6.03. The molecular weight excluding hydrogens is 258 g/mol. The third kappa shape index (κ3) is 3.37. The molecule has 19 heavy (non-hydrogen) atoms. The lowest BCUT2D eigenvalue weighted by Crippen LogP contribution is -2.23. The number of anilines is 1. The highest BCUT2D eigenvalue weighted by atomic mass is 19.1. The molecule has 1 N–H and O–H groups in total. The number of benzene rings is 1. The summed E-state index contributed by atoms with van der Waals surface area (Å²) in [6.07, 6.45) is 1.67. The number of nitrogens with one attached hydrogen (secondary N) is 1. The van der Waals surface area contributed by atoms with Crippen molar-refractivity contribution in [2.75, 3.05) is 25.1 Å². The largest absolute Gasteiger partial charge is 0.381 e. The van der Waals surface area contributed by atoms with Crippen LogP contribution in [-0.4, -0.2) is 24.7 Å². The molecule has 7 heteroatoms. The van der Waals surface area contributed by atoms with Crippen LogP contribution in [0.4, 0.5) is 20.2 Å². The minimum atomic E-state index is -0.946. The van der Waals surface area contributed by atoms with Crippen LogP contribution in [0, 0.1) is 27.7 Å². The van der Waals surface area contributed by atoms with Gasteiger partial charge < -0.3 is 10.1 Å². The van der Waals surface area contributed by atoms with Crippen LogP contribution >= 0.6 is 0 Å². The summed E-state index contributed by atoms with van der Waals surface area (Å²) in [5.41, 5.74) is -0.899. The molecule has 0 amide bonds. The van der Waals surface area contributed by atoms with Gasteiger partial charge in [-0.25, -0.2) is 8.78 Å². The van der Waals surface area contributed by atoms with E-state index in [1.807, 2.05) is 0 Å². The van der Waals surface area contributed by atoms with Crippen LogP contribution in [0.25, 0.3) is 0 Å². The van der Waals surface area contributed by atoms with E-state index < -0.39 is 22.2 Å². The normalized spacial score (nSPS) is 16.3. The molecule has 1 aromatic carbocycles. The molecule has 0 spiro atoms. The van der Waals surface area contributed by atoms with Gasteiger partial charge in [-0.3, -0.25) is 10.1 Å². The molecule has 1 saturated heterocycles. The van der Waals surface area contributed by atoms with Crippen molar-refractivity contribution in [1.82, 2.24) is 0 Å². The van der Waals surface area contributed by atoms with Crippen molar-refractivity contribution in [2.24, 2.45) is 5.92 Å². The molecule has 2 rings (SSSR count). The first-order valence-corrected chi connectivity index (χ1v) is 6.03. The lowest BCUT2D eigenvalue weighted by molar-refractivity contribution is -0.385. The van der Waals surface area contributed by atoms with E-state index in [0.717, 1.165) is 25.0 Å². The smallest absolute Gasteiger partial charge is 0.275 e. The molecule has 104 valence electrons. The maximum atomic E-state index is 13.6. The zero-order chi connectivity index (χ0) is 13.8. The summed E-state index contributed by atoms with van der Waals surface area (Å²) in [6, 6.07) is 1.44. The third-order valence-corrected chi connectivity index (χ3v) is 3.15. The Hall–Kier alpha value is -1.76. The lowest BCUT2D eigenvalue weighted by Gasteiger charge is -2.22. The van der Waals surface area contributed by atoms with E-state index in [1.165, 1.54) is 0 Å². The Kier molecular flexibility index (Phi) is 4.26. The highest BCUT2D eigenvalue weighted by Crippen LogP contribution is 2.25. The number of rotatable bonds is 4. The maximum absolute atomic E-state index is 13.6. The standard InChI is InChI=1S/C12H14F2N2O3/c13-10-5-9(16(17)18)6-11(14)12(10)15-7-8-1-3-19-4-2-8/h5-6,8,15H,1-4,7H2. The second kappa shape index (κ2) is 5.92. The molecule has 0 bridgehead atoms. The van der Waals surface area contributed by atoms with Crippen LogP contribution in [0.3, 0.4) is 0 Å². The van der Waals surface area contributed by atoms with E-state index in [9.17, 15) is 18.9 Å². The lowest BCUT2D eigenvalue weighted by atomic mass is 10.0. The van der Waals surface area contributed by atoms with Crippen molar-refractivity contribution < 1.29 is 18.4 Å². The molecule has 0 saturated carbocycles. The zero-order valence-corrected chi connectivity index (χ0v) is 10.2. The molecule has 0 radical (unpaired) electrons. The molecule has 1 aliphatic rings. The van der Waals surface area contributed by atoms with Crippen LogP contribution in [-0.2, 0) is 4.74 Å². The molecular formula is C12H14F2N2O3. The van der Waals surface area contributed by atoms with Crippen molar-refractivity contribution in [1.29, 1.82) is 0 Å². The van der Waals surface area contributed by atoms with Gasteiger partial charge >= 0.3 is 0 Å². The van der Waals surface area contributed by atoms with Crippen molar-refractivity contribution in [2.45, 2.75) is 12.8 Å². The van der Waals surface area contributed by atoms with E-state index in [0.29, 0.717) is 25.7 Å². The highest BCUT2D eigenvalue weighted by Gasteiger charge is 2.19. The molecule has 1 aromatic rings. The maximum Gasteiger partial charge on any atom is 0.275 e. The van der Waals surface area contributed by atoms with Crippen LogP contribution in [0.15, 0.2) is 12.1 Å². The van der Waals surface area contributed by atoms with E-state index in [-0.39, 0.29) is 5.69 Å². The van der Waals surface area contributed by atoms with Crippen LogP contribution < -0.4 is 5.32 Å². The molecule has 0 aliphatic carbocycles. The monoisotopic (exact) mass is 272 g/mol. The number of non-ortho nitro benzene ring substituents is 1. The quantitative estimate of drug-likeness (QED) is 0.676. The summed E-state index contributed by atoms with van der Waals surface area (Å²) in [5, 5.41) is 13.1. The molecule has 0 unspecified atom stereocenters. The van der Waals surface area contributed by atoms with E-state index in [4.69, 9.17) is 4.74 Å². The predicted molar refractivity (Wildman–Crippen MR) is 65.0 cm³/mol. The summed E-state index contributed by atoms with van der Waals surface area (Å²) in [6.45, 7) is 1.73. The zero-order valence-electron chi connectivity index (χ0n) is 10.2. The van der Waals surface area contributed by atoms with Crippen molar-refractivity contribution in [3.05, 3.63) is 33.9 Å². The van der Waals surface area contributed by atoms with E-state index in [2.05, 4.69) is 5.32 Å². The van der Waals surface area contributed by atoms with Crippen LogP contribution in [0.1, 0.15) is 12.8 Å². The molecule has 1 fully saturated rings. The second-order valence-electron chi connectivity index (χ2n) is 4.48. The van der Waals surface area contributed by atoms with Crippen LogP contribution in [0.2, 0.25) is 0 Å². The highest BCUT2D eigenvalue weighted by molar-refractivity contribution is 5.51. The van der Waals surface area contributed by atoms with Gasteiger partial charge in [0.25, 0.3) is 5.69 Å². The van der Waals surface area contributed by atoms with Gasteiger partial charge in [-0.2, -0.15) is 0 Å². The predicted octanol–water partition coefficient (Wildman–Crippen LogP) is 2.71. The average molecular weight is 272 g/mol. The molecule has 0 atom stereocenters. The van der Waals surface area contributed by atoms with Crippen molar-refractivity contribution in [3.8, 4) is 0 Å². The summed E-state index contributed by atoms with van der Waals surface area (Å²) in [4.78, 5) is 9.63. The van der Waals surface area contributed by atoms with Gasteiger partial charge in [0.05, 0.1) is 17.1 Å². The van der Waals surface area contributed by atoms with Crippen molar-refractivity contribution >= 4 is 11.4 Å². The van der Waals surface area contributed by atoms with Gasteiger partial charge in [0.2, 0.25) is 0 Å². The SMILES string of the molecule is O=[N+]([O-])c1cc(F)c(NCC2CCOCC2)c(F)c1. The van der Waals surface area contributed by atoms with Gasteiger partial charge in [0.1, 0.15) is 5.69 Å². The first-order chi connectivity index (χ1) is 9.08. The summed E-state index contributed by atoms with van der Waals surface area (Å²) < 4.78 is 32.4. The number of hydrogen-bond acceptors (Lipinski definition) is 4. The minimum Gasteiger partial charge on any atom is -0.381 e. The number of hydrogen-bond donors (Lipinski definition) is 1. The number of nitrogens with zero attached hydrogens (tertiary/aromatic N) is 1. The summed E-state index contributed by atoms with van der Waals surface area (Å²) in [7, 11) is 0. The van der Waals surface area contributed by atoms with Gasteiger partial charge in [0, 0.05) is 19.8 Å². The minimum absolute atomic E-state index is 0.294. The Morgan fingerprint density at radius 3 is 2.42 bits per heavy atom. The Morgan fingerprint density at radius 1 is 1.32 bits per heavy atom. The topological polar surface area (TPSA) is 64.4 Å². The number of nitro benzene ring substituents is 1. The second-order valence-corrected chi connectivity index (χ2v) is 4.48. The summed E-state index contributed by atoms with van der Waals surface area (Å²) >= 11 is 0. The number of halogens is 2. The van der Waals surface area contributed by atoms with Crippen molar-refractivity contribution in [3.63, 3.8) is 0 Å². The van der Waals surface area contributed by atoms with Crippen LogP contribution in [0.5, 0.6) is 0 Å². The number of ether oxygens (including phenoxy) is 1.